The maximum Gasteiger partial charge on any atom is 0.161 e. The Kier molecular flexibility index (Phi) is 6.33. The van der Waals surface area contributed by atoms with Crippen molar-refractivity contribution in [3.63, 3.8) is 0 Å². The molecule has 4 nitrogen and oxygen atoms in total. The van der Waals surface area contributed by atoms with E-state index in [1.165, 1.54) is 12.0 Å². The van der Waals surface area contributed by atoms with Crippen molar-refractivity contribution in [2.24, 2.45) is 5.92 Å². The summed E-state index contributed by atoms with van der Waals surface area (Å²) in [6, 6.07) is 6.51. The summed E-state index contributed by atoms with van der Waals surface area (Å²) < 4.78 is 16.4. The van der Waals surface area contributed by atoms with Crippen molar-refractivity contribution in [2.45, 2.75) is 32.2 Å². The number of rotatable bonds is 7. The Morgan fingerprint density at radius 3 is 2.71 bits per heavy atom. The third-order valence-electron chi connectivity index (χ3n) is 4.05. The SMILES string of the molecule is CCCNC(c1ccc(OC)c(OC)c1)C1CCCOC1. The molecule has 1 aromatic rings. The molecule has 1 N–H and O–H groups in total. The van der Waals surface area contributed by atoms with Gasteiger partial charge in [0, 0.05) is 18.6 Å². The molecule has 2 atom stereocenters. The lowest BCUT2D eigenvalue weighted by molar-refractivity contribution is 0.0390. The Labute approximate surface area is 127 Å². The highest BCUT2D eigenvalue weighted by atomic mass is 16.5. The third kappa shape index (κ3) is 4.11. The molecule has 0 aromatic heterocycles. The van der Waals surface area contributed by atoms with Gasteiger partial charge in [0.15, 0.2) is 11.5 Å². The van der Waals surface area contributed by atoms with Crippen LogP contribution in [0.25, 0.3) is 0 Å². The number of benzene rings is 1. The highest BCUT2D eigenvalue weighted by Crippen LogP contribution is 2.34. The van der Waals surface area contributed by atoms with E-state index in [0.717, 1.165) is 44.1 Å². The Bertz CT molecular complexity index is 430. The van der Waals surface area contributed by atoms with Gasteiger partial charge in [0.2, 0.25) is 0 Å². The second kappa shape index (κ2) is 8.25. The van der Waals surface area contributed by atoms with Crippen molar-refractivity contribution >= 4 is 0 Å². The quantitative estimate of drug-likeness (QED) is 0.838. The van der Waals surface area contributed by atoms with Crippen LogP contribution in [0.5, 0.6) is 11.5 Å². The zero-order valence-corrected chi connectivity index (χ0v) is 13.4. The molecular weight excluding hydrogens is 266 g/mol. The minimum atomic E-state index is 0.310. The van der Waals surface area contributed by atoms with Crippen molar-refractivity contribution in [3.05, 3.63) is 23.8 Å². The van der Waals surface area contributed by atoms with Crippen molar-refractivity contribution in [1.82, 2.24) is 5.32 Å². The monoisotopic (exact) mass is 293 g/mol. The molecule has 1 saturated heterocycles. The summed E-state index contributed by atoms with van der Waals surface area (Å²) in [5.74, 6) is 2.08. The van der Waals surface area contributed by atoms with Crippen LogP contribution in [0.2, 0.25) is 0 Å². The Morgan fingerprint density at radius 1 is 1.29 bits per heavy atom. The molecular formula is C17H27NO3. The molecule has 1 aliphatic rings. The van der Waals surface area contributed by atoms with Crippen LogP contribution >= 0.6 is 0 Å². The van der Waals surface area contributed by atoms with Crippen LogP contribution in [0, 0.1) is 5.92 Å². The minimum absolute atomic E-state index is 0.310. The van der Waals surface area contributed by atoms with Gasteiger partial charge in [-0.05, 0) is 43.5 Å². The second-order valence-corrected chi connectivity index (χ2v) is 5.52. The largest absolute Gasteiger partial charge is 0.493 e. The third-order valence-corrected chi connectivity index (χ3v) is 4.05. The summed E-state index contributed by atoms with van der Waals surface area (Å²) in [7, 11) is 3.35. The summed E-state index contributed by atoms with van der Waals surface area (Å²) in [6.07, 6.45) is 3.47. The fraction of sp³-hybridized carbons (Fsp3) is 0.647. The van der Waals surface area contributed by atoms with Gasteiger partial charge < -0.3 is 19.5 Å². The highest BCUT2D eigenvalue weighted by molar-refractivity contribution is 5.44. The first-order chi connectivity index (χ1) is 10.3. The average molecular weight is 293 g/mol. The molecule has 21 heavy (non-hydrogen) atoms. The highest BCUT2D eigenvalue weighted by Gasteiger charge is 2.26. The minimum Gasteiger partial charge on any atom is -0.493 e. The fourth-order valence-corrected chi connectivity index (χ4v) is 2.93. The van der Waals surface area contributed by atoms with E-state index in [1.807, 2.05) is 6.07 Å². The average Bonchev–Trinajstić information content (AvgIpc) is 2.56. The smallest absolute Gasteiger partial charge is 0.161 e. The lowest BCUT2D eigenvalue weighted by atomic mass is 9.88. The molecule has 0 aliphatic carbocycles. The number of ether oxygens (including phenoxy) is 3. The van der Waals surface area contributed by atoms with Crippen molar-refractivity contribution in [1.29, 1.82) is 0 Å². The molecule has 0 saturated carbocycles. The number of nitrogens with one attached hydrogen (secondary N) is 1. The van der Waals surface area contributed by atoms with Gasteiger partial charge >= 0.3 is 0 Å². The van der Waals surface area contributed by atoms with Gasteiger partial charge in [-0.1, -0.05) is 13.0 Å². The fourth-order valence-electron chi connectivity index (χ4n) is 2.93. The molecule has 118 valence electrons. The van der Waals surface area contributed by atoms with Gasteiger partial charge in [-0.15, -0.1) is 0 Å². The van der Waals surface area contributed by atoms with Crippen LogP contribution < -0.4 is 14.8 Å². The van der Waals surface area contributed by atoms with Gasteiger partial charge in [0.05, 0.1) is 20.8 Å². The Hall–Kier alpha value is -1.26. The maximum atomic E-state index is 5.67. The zero-order chi connectivity index (χ0) is 15.1. The molecule has 0 spiro atoms. The van der Waals surface area contributed by atoms with Crippen molar-refractivity contribution in [3.8, 4) is 11.5 Å². The van der Waals surface area contributed by atoms with Crippen LogP contribution in [-0.4, -0.2) is 34.0 Å². The predicted octanol–water partition coefficient (Wildman–Crippen LogP) is 3.17. The van der Waals surface area contributed by atoms with Crippen LogP contribution in [0.3, 0.4) is 0 Å². The summed E-state index contributed by atoms with van der Waals surface area (Å²) in [5, 5.41) is 3.67. The summed E-state index contributed by atoms with van der Waals surface area (Å²) in [6.45, 7) is 4.92. The van der Waals surface area contributed by atoms with E-state index in [2.05, 4.69) is 24.4 Å². The summed E-state index contributed by atoms with van der Waals surface area (Å²) in [4.78, 5) is 0. The van der Waals surface area contributed by atoms with Crippen LogP contribution in [0.1, 0.15) is 37.8 Å². The summed E-state index contributed by atoms with van der Waals surface area (Å²) in [5.41, 5.74) is 1.25. The molecule has 0 radical (unpaired) electrons. The Morgan fingerprint density at radius 2 is 2.10 bits per heavy atom. The molecule has 2 unspecified atom stereocenters. The van der Waals surface area contributed by atoms with Gasteiger partial charge in [0.1, 0.15) is 0 Å². The lowest BCUT2D eigenvalue weighted by Gasteiger charge is -2.31. The number of hydrogen-bond acceptors (Lipinski definition) is 4. The van der Waals surface area contributed by atoms with Crippen molar-refractivity contribution < 1.29 is 14.2 Å². The first kappa shape index (κ1) is 16.1. The standard InChI is InChI=1S/C17H27NO3/c1-4-9-18-17(14-6-5-10-21-12-14)13-7-8-15(19-2)16(11-13)20-3/h7-8,11,14,17-18H,4-6,9-10,12H2,1-3H3. The molecule has 1 fully saturated rings. The molecule has 1 heterocycles. The van der Waals surface area contributed by atoms with Crippen LogP contribution in [-0.2, 0) is 4.74 Å². The van der Waals surface area contributed by atoms with Crippen molar-refractivity contribution in [2.75, 3.05) is 34.0 Å². The Balaban J connectivity index is 2.22. The van der Waals surface area contributed by atoms with E-state index < -0.39 is 0 Å². The number of hydrogen-bond donors (Lipinski definition) is 1. The first-order valence-corrected chi connectivity index (χ1v) is 7.83. The molecule has 2 rings (SSSR count). The van der Waals surface area contributed by atoms with E-state index >= 15 is 0 Å². The maximum absolute atomic E-state index is 5.67. The molecule has 0 amide bonds. The van der Waals surface area contributed by atoms with Crippen LogP contribution in [0.15, 0.2) is 18.2 Å². The summed E-state index contributed by atoms with van der Waals surface area (Å²) >= 11 is 0. The molecule has 1 aromatic carbocycles. The molecule has 0 bridgehead atoms. The van der Waals surface area contributed by atoms with Gasteiger partial charge in [-0.25, -0.2) is 0 Å². The normalized spacial score (nSPS) is 20.0. The van der Waals surface area contributed by atoms with E-state index in [9.17, 15) is 0 Å². The van der Waals surface area contributed by atoms with E-state index in [4.69, 9.17) is 14.2 Å². The number of methoxy groups -OCH3 is 2. The van der Waals surface area contributed by atoms with Gasteiger partial charge in [0.25, 0.3) is 0 Å². The molecule has 1 aliphatic heterocycles. The van der Waals surface area contributed by atoms with E-state index in [-0.39, 0.29) is 0 Å². The van der Waals surface area contributed by atoms with Gasteiger partial charge in [-0.3, -0.25) is 0 Å². The van der Waals surface area contributed by atoms with Crippen LogP contribution in [0.4, 0.5) is 0 Å². The topological polar surface area (TPSA) is 39.7 Å². The second-order valence-electron chi connectivity index (χ2n) is 5.52. The van der Waals surface area contributed by atoms with Gasteiger partial charge in [-0.2, -0.15) is 0 Å². The molecule has 4 heteroatoms. The predicted molar refractivity (Wildman–Crippen MR) is 84.1 cm³/mol. The lowest BCUT2D eigenvalue weighted by Crippen LogP contribution is -2.33. The zero-order valence-electron chi connectivity index (χ0n) is 13.4. The van der Waals surface area contributed by atoms with E-state index in [0.29, 0.717) is 12.0 Å². The first-order valence-electron chi connectivity index (χ1n) is 7.83. The van der Waals surface area contributed by atoms with E-state index in [1.54, 1.807) is 14.2 Å².